The predicted octanol–water partition coefficient (Wildman–Crippen LogP) is 1.65. The highest BCUT2D eigenvalue weighted by Gasteiger charge is 2.17. The average molecular weight is 262 g/mol. The number of hydrogen-bond donors (Lipinski definition) is 1. The van der Waals surface area contributed by atoms with Gasteiger partial charge in [0.05, 0.1) is 5.69 Å². The molecular weight excluding hydrogens is 236 g/mol. The minimum absolute atomic E-state index is 0.816. The maximum atomic E-state index is 4.79. The van der Waals surface area contributed by atoms with Crippen molar-refractivity contribution in [3.05, 3.63) is 17.7 Å². The van der Waals surface area contributed by atoms with Crippen molar-refractivity contribution in [2.24, 2.45) is 5.92 Å². The van der Waals surface area contributed by atoms with E-state index in [4.69, 9.17) is 4.98 Å². The van der Waals surface area contributed by atoms with E-state index in [1.807, 2.05) is 0 Å². The average Bonchev–Trinajstić information content (AvgIpc) is 2.81. The molecule has 0 spiro atoms. The summed E-state index contributed by atoms with van der Waals surface area (Å²) in [6.45, 7) is 5.74. The Balaban J connectivity index is 1.53. The quantitative estimate of drug-likeness (QED) is 0.895. The minimum Gasteiger partial charge on any atom is -0.335 e. The van der Waals surface area contributed by atoms with E-state index in [2.05, 4.69) is 28.0 Å². The Morgan fingerprint density at radius 3 is 3.16 bits per heavy atom. The summed E-state index contributed by atoms with van der Waals surface area (Å²) in [7, 11) is 2.23. The fraction of sp³-hybridized carbons (Fsp3) is 0.800. The minimum atomic E-state index is 0.816. The van der Waals surface area contributed by atoms with E-state index >= 15 is 0 Å². The van der Waals surface area contributed by atoms with E-state index in [1.54, 1.807) is 0 Å². The molecule has 1 aromatic rings. The lowest BCUT2D eigenvalue weighted by molar-refractivity contribution is 0.236. The topological polar surface area (TPSA) is 33.1 Å². The van der Waals surface area contributed by atoms with Crippen LogP contribution in [-0.4, -0.2) is 41.1 Å². The van der Waals surface area contributed by atoms with Crippen molar-refractivity contribution >= 4 is 0 Å². The number of nitrogens with one attached hydrogen (secondary N) is 1. The molecule has 1 fully saturated rings. The van der Waals surface area contributed by atoms with Gasteiger partial charge in [0.2, 0.25) is 0 Å². The zero-order valence-electron chi connectivity index (χ0n) is 12.1. The first-order valence-corrected chi connectivity index (χ1v) is 7.75. The maximum Gasteiger partial charge on any atom is 0.109 e. The van der Waals surface area contributed by atoms with Crippen molar-refractivity contribution in [3.8, 4) is 0 Å². The number of hydrogen-bond acceptors (Lipinski definition) is 3. The predicted molar refractivity (Wildman–Crippen MR) is 77.1 cm³/mol. The normalized spacial score (nSPS) is 23.6. The van der Waals surface area contributed by atoms with Gasteiger partial charge in [-0.05, 0) is 51.7 Å². The van der Waals surface area contributed by atoms with Crippen molar-refractivity contribution in [3.63, 3.8) is 0 Å². The number of fused-ring (bicyclic) bond motifs is 1. The fourth-order valence-electron chi connectivity index (χ4n) is 3.41. The molecule has 1 unspecified atom stereocenters. The van der Waals surface area contributed by atoms with E-state index in [0.29, 0.717) is 0 Å². The molecule has 0 amide bonds. The lowest BCUT2D eigenvalue weighted by Crippen LogP contribution is -2.36. The summed E-state index contributed by atoms with van der Waals surface area (Å²) in [6.07, 6.45) is 8.75. The van der Waals surface area contributed by atoms with Crippen LogP contribution in [0.3, 0.4) is 0 Å². The van der Waals surface area contributed by atoms with Crippen LogP contribution in [0.1, 0.15) is 37.2 Å². The summed E-state index contributed by atoms with van der Waals surface area (Å²) in [5.74, 6) is 2.12. The Kier molecular flexibility index (Phi) is 4.18. The highest BCUT2D eigenvalue weighted by atomic mass is 15.1. The molecule has 4 nitrogen and oxygen atoms in total. The number of piperidine rings is 1. The maximum absolute atomic E-state index is 4.79. The third-order valence-electron chi connectivity index (χ3n) is 4.36. The Bertz CT molecular complexity index is 383. The molecule has 106 valence electrons. The van der Waals surface area contributed by atoms with Gasteiger partial charge in [0.25, 0.3) is 0 Å². The Labute approximate surface area is 116 Å². The number of rotatable bonds is 4. The molecule has 0 aromatic carbocycles. The van der Waals surface area contributed by atoms with Crippen LogP contribution in [0.4, 0.5) is 0 Å². The van der Waals surface area contributed by atoms with Crippen LogP contribution in [0.2, 0.25) is 0 Å². The van der Waals surface area contributed by atoms with Gasteiger partial charge in [0.1, 0.15) is 5.82 Å². The van der Waals surface area contributed by atoms with Crippen LogP contribution >= 0.6 is 0 Å². The van der Waals surface area contributed by atoms with Crippen molar-refractivity contribution in [1.82, 2.24) is 19.8 Å². The van der Waals surface area contributed by atoms with E-state index in [0.717, 1.165) is 18.9 Å². The van der Waals surface area contributed by atoms with Crippen molar-refractivity contribution in [2.75, 3.05) is 26.7 Å². The molecule has 0 radical (unpaired) electrons. The second kappa shape index (κ2) is 6.06. The van der Waals surface area contributed by atoms with Gasteiger partial charge in [0.15, 0.2) is 0 Å². The summed E-state index contributed by atoms with van der Waals surface area (Å²) in [4.78, 5) is 7.23. The molecule has 1 atom stereocenters. The summed E-state index contributed by atoms with van der Waals surface area (Å²) < 4.78 is 2.36. The molecule has 3 heterocycles. The standard InChI is InChI=1S/C15H26N4/c1-18(10-13-5-4-7-16-9-13)11-14-12-19-8-3-2-6-15(19)17-14/h12-13,16H,2-11H2,1H3. The van der Waals surface area contributed by atoms with Crippen molar-refractivity contribution < 1.29 is 0 Å². The van der Waals surface area contributed by atoms with Gasteiger partial charge >= 0.3 is 0 Å². The molecular formula is C15H26N4. The highest BCUT2D eigenvalue weighted by molar-refractivity contribution is 5.06. The van der Waals surface area contributed by atoms with Crippen LogP contribution in [-0.2, 0) is 19.5 Å². The smallest absolute Gasteiger partial charge is 0.109 e. The summed E-state index contributed by atoms with van der Waals surface area (Å²) in [5, 5.41) is 3.50. The molecule has 19 heavy (non-hydrogen) atoms. The van der Waals surface area contributed by atoms with Gasteiger partial charge in [-0.25, -0.2) is 4.98 Å². The lowest BCUT2D eigenvalue weighted by atomic mass is 9.99. The van der Waals surface area contributed by atoms with Gasteiger partial charge in [0, 0.05) is 32.3 Å². The second-order valence-electron chi connectivity index (χ2n) is 6.21. The number of aryl methyl sites for hydroxylation is 2. The molecule has 2 aliphatic rings. The van der Waals surface area contributed by atoms with Crippen LogP contribution in [0.15, 0.2) is 6.20 Å². The Morgan fingerprint density at radius 2 is 2.37 bits per heavy atom. The first-order valence-electron chi connectivity index (χ1n) is 7.75. The van der Waals surface area contributed by atoms with Gasteiger partial charge in [-0.15, -0.1) is 0 Å². The summed E-state index contributed by atoms with van der Waals surface area (Å²) in [6, 6.07) is 0. The zero-order valence-corrected chi connectivity index (χ0v) is 12.1. The fourth-order valence-corrected chi connectivity index (χ4v) is 3.41. The van der Waals surface area contributed by atoms with Crippen LogP contribution in [0, 0.1) is 5.92 Å². The van der Waals surface area contributed by atoms with E-state index < -0.39 is 0 Å². The van der Waals surface area contributed by atoms with Crippen molar-refractivity contribution in [2.45, 2.75) is 45.2 Å². The molecule has 1 N–H and O–H groups in total. The number of imidazole rings is 1. The van der Waals surface area contributed by atoms with Gasteiger partial charge in [-0.1, -0.05) is 0 Å². The monoisotopic (exact) mass is 262 g/mol. The van der Waals surface area contributed by atoms with Gasteiger partial charge < -0.3 is 14.8 Å². The van der Waals surface area contributed by atoms with Crippen LogP contribution < -0.4 is 5.32 Å². The van der Waals surface area contributed by atoms with E-state index in [9.17, 15) is 0 Å². The lowest BCUT2D eigenvalue weighted by Gasteiger charge is -2.27. The summed E-state index contributed by atoms with van der Waals surface area (Å²) >= 11 is 0. The molecule has 3 rings (SSSR count). The zero-order chi connectivity index (χ0) is 13.1. The molecule has 1 saturated heterocycles. The van der Waals surface area contributed by atoms with E-state index in [-0.39, 0.29) is 0 Å². The highest BCUT2D eigenvalue weighted by Crippen LogP contribution is 2.16. The Morgan fingerprint density at radius 1 is 1.42 bits per heavy atom. The largest absolute Gasteiger partial charge is 0.335 e. The molecule has 2 aliphatic heterocycles. The Hall–Kier alpha value is -0.870. The second-order valence-corrected chi connectivity index (χ2v) is 6.21. The van der Waals surface area contributed by atoms with E-state index in [1.165, 1.54) is 63.4 Å². The third kappa shape index (κ3) is 3.37. The molecule has 0 saturated carbocycles. The number of nitrogens with zero attached hydrogens (tertiary/aromatic N) is 3. The molecule has 4 heteroatoms. The third-order valence-corrected chi connectivity index (χ3v) is 4.36. The van der Waals surface area contributed by atoms with Crippen LogP contribution in [0.25, 0.3) is 0 Å². The SMILES string of the molecule is CN(Cc1cn2c(n1)CCCC2)CC1CCCNC1. The van der Waals surface area contributed by atoms with Gasteiger partial charge in [-0.3, -0.25) is 0 Å². The van der Waals surface area contributed by atoms with Crippen LogP contribution in [0.5, 0.6) is 0 Å². The molecule has 1 aromatic heterocycles. The van der Waals surface area contributed by atoms with Crippen molar-refractivity contribution in [1.29, 1.82) is 0 Å². The summed E-state index contributed by atoms with van der Waals surface area (Å²) in [5.41, 5.74) is 1.25. The number of aromatic nitrogens is 2. The molecule has 0 bridgehead atoms. The van der Waals surface area contributed by atoms with Gasteiger partial charge in [-0.2, -0.15) is 0 Å². The first-order chi connectivity index (χ1) is 9.31. The first kappa shape index (κ1) is 13.1. The molecule has 0 aliphatic carbocycles.